The van der Waals surface area contributed by atoms with Crippen LogP contribution >= 0.6 is 11.3 Å². The first-order valence-electron chi connectivity index (χ1n) is 6.00. The fourth-order valence-corrected chi connectivity index (χ4v) is 2.34. The van der Waals surface area contributed by atoms with Crippen LogP contribution in [0.2, 0.25) is 0 Å². The van der Waals surface area contributed by atoms with Gasteiger partial charge < -0.3 is 10.1 Å². The first-order valence-corrected chi connectivity index (χ1v) is 6.88. The van der Waals surface area contributed by atoms with E-state index in [1.807, 2.05) is 0 Å². The molecule has 0 aliphatic rings. The predicted octanol–water partition coefficient (Wildman–Crippen LogP) is 3.33. The van der Waals surface area contributed by atoms with Crippen molar-refractivity contribution in [1.82, 2.24) is 0 Å². The van der Waals surface area contributed by atoms with Crippen LogP contribution in [-0.4, -0.2) is 19.0 Å². The third kappa shape index (κ3) is 4.00. The number of nitrogens with one attached hydrogen (secondary N) is 1. The molecule has 0 radical (unpaired) electrons. The monoisotopic (exact) mass is 305 g/mol. The summed E-state index contributed by atoms with van der Waals surface area (Å²) in [5, 5.41) is 4.28. The normalized spacial score (nSPS) is 10.6. The zero-order chi connectivity index (χ0) is 15.2. The number of rotatable bonds is 4. The van der Waals surface area contributed by atoms with Gasteiger partial charge in [-0.3, -0.25) is 4.79 Å². The molecule has 0 atom stereocenters. The van der Waals surface area contributed by atoms with Gasteiger partial charge in [-0.15, -0.1) is 11.3 Å². The SMILES string of the molecule is COC(=O)c1sccc1NC(=O)/C=C/c1ccc(F)cc1. The van der Waals surface area contributed by atoms with Crippen molar-refractivity contribution in [2.24, 2.45) is 0 Å². The number of ether oxygens (including phenoxy) is 1. The van der Waals surface area contributed by atoms with Crippen LogP contribution in [0.5, 0.6) is 0 Å². The molecule has 1 aromatic carbocycles. The smallest absolute Gasteiger partial charge is 0.350 e. The number of hydrogen-bond acceptors (Lipinski definition) is 4. The van der Waals surface area contributed by atoms with Crippen LogP contribution in [0.25, 0.3) is 6.08 Å². The number of amides is 1. The van der Waals surface area contributed by atoms with Crippen LogP contribution in [-0.2, 0) is 9.53 Å². The van der Waals surface area contributed by atoms with Gasteiger partial charge in [-0.25, -0.2) is 9.18 Å². The van der Waals surface area contributed by atoms with Gasteiger partial charge in [-0.2, -0.15) is 0 Å². The lowest BCUT2D eigenvalue weighted by Crippen LogP contribution is -2.10. The second-order valence-electron chi connectivity index (χ2n) is 4.03. The number of anilines is 1. The number of halogens is 1. The number of benzene rings is 1. The highest BCUT2D eigenvalue weighted by Crippen LogP contribution is 2.23. The Morgan fingerprint density at radius 1 is 1.24 bits per heavy atom. The van der Waals surface area contributed by atoms with Crippen LogP contribution in [0.4, 0.5) is 10.1 Å². The Balaban J connectivity index is 2.03. The van der Waals surface area contributed by atoms with E-state index in [0.717, 1.165) is 0 Å². The van der Waals surface area contributed by atoms with E-state index in [1.54, 1.807) is 29.7 Å². The third-order valence-corrected chi connectivity index (χ3v) is 3.49. The van der Waals surface area contributed by atoms with Gasteiger partial charge in [-0.05, 0) is 35.2 Å². The highest BCUT2D eigenvalue weighted by molar-refractivity contribution is 7.12. The van der Waals surface area contributed by atoms with Gasteiger partial charge in [0.15, 0.2) is 0 Å². The molecule has 1 amide bonds. The minimum Gasteiger partial charge on any atom is -0.465 e. The fourth-order valence-electron chi connectivity index (χ4n) is 1.58. The van der Waals surface area contributed by atoms with E-state index in [2.05, 4.69) is 10.1 Å². The van der Waals surface area contributed by atoms with Crippen LogP contribution in [0.1, 0.15) is 15.2 Å². The topological polar surface area (TPSA) is 55.4 Å². The summed E-state index contributed by atoms with van der Waals surface area (Å²) < 4.78 is 17.4. The molecule has 1 N–H and O–H groups in total. The summed E-state index contributed by atoms with van der Waals surface area (Å²) in [6.07, 6.45) is 2.87. The highest BCUT2D eigenvalue weighted by Gasteiger charge is 2.14. The van der Waals surface area contributed by atoms with E-state index >= 15 is 0 Å². The van der Waals surface area contributed by atoms with Gasteiger partial charge in [-0.1, -0.05) is 12.1 Å². The summed E-state index contributed by atoms with van der Waals surface area (Å²) in [4.78, 5) is 23.6. The molecule has 1 aromatic heterocycles. The van der Waals surface area contributed by atoms with Gasteiger partial charge in [0, 0.05) is 6.08 Å². The minimum atomic E-state index is -0.497. The summed E-state index contributed by atoms with van der Waals surface area (Å²) >= 11 is 1.19. The molecule has 0 bridgehead atoms. The maximum Gasteiger partial charge on any atom is 0.350 e. The number of carbonyl (C=O) groups excluding carboxylic acids is 2. The Morgan fingerprint density at radius 3 is 2.62 bits per heavy atom. The second kappa shape index (κ2) is 6.81. The van der Waals surface area contributed by atoms with Crippen LogP contribution in [0.15, 0.2) is 41.8 Å². The first kappa shape index (κ1) is 14.9. The van der Waals surface area contributed by atoms with Crippen molar-refractivity contribution in [3.8, 4) is 0 Å². The van der Waals surface area contributed by atoms with Gasteiger partial charge in [0.1, 0.15) is 10.7 Å². The predicted molar refractivity (Wildman–Crippen MR) is 79.7 cm³/mol. The standard InChI is InChI=1S/C15H12FNO3S/c1-20-15(19)14-12(8-9-21-14)17-13(18)7-4-10-2-5-11(16)6-3-10/h2-9H,1H3,(H,17,18)/b7-4+. The number of esters is 1. The summed E-state index contributed by atoms with van der Waals surface area (Å²) in [6, 6.07) is 7.37. The molecule has 2 aromatic rings. The van der Waals surface area contributed by atoms with Crippen molar-refractivity contribution in [1.29, 1.82) is 0 Å². The van der Waals surface area contributed by atoms with E-state index in [1.165, 1.54) is 36.7 Å². The van der Waals surface area contributed by atoms with E-state index < -0.39 is 5.97 Å². The van der Waals surface area contributed by atoms with Crippen molar-refractivity contribution in [3.63, 3.8) is 0 Å². The lowest BCUT2D eigenvalue weighted by Gasteiger charge is -2.02. The van der Waals surface area contributed by atoms with E-state index in [-0.39, 0.29) is 11.7 Å². The molecular weight excluding hydrogens is 293 g/mol. The Hall–Kier alpha value is -2.47. The molecule has 0 spiro atoms. The average Bonchev–Trinajstić information content (AvgIpc) is 2.94. The molecule has 6 heteroatoms. The summed E-state index contributed by atoms with van der Waals surface area (Å²) in [7, 11) is 1.28. The number of methoxy groups -OCH3 is 1. The van der Waals surface area contributed by atoms with Crippen molar-refractivity contribution < 1.29 is 18.7 Å². The molecule has 0 aliphatic carbocycles. The molecule has 108 valence electrons. The number of carbonyl (C=O) groups is 2. The zero-order valence-electron chi connectivity index (χ0n) is 11.1. The lowest BCUT2D eigenvalue weighted by molar-refractivity contribution is -0.111. The average molecular weight is 305 g/mol. The fraction of sp³-hybridized carbons (Fsp3) is 0.0667. The van der Waals surface area contributed by atoms with E-state index in [0.29, 0.717) is 16.1 Å². The second-order valence-corrected chi connectivity index (χ2v) is 4.95. The van der Waals surface area contributed by atoms with Crippen molar-refractivity contribution in [2.75, 3.05) is 12.4 Å². The summed E-state index contributed by atoms with van der Waals surface area (Å²) in [5.74, 6) is -1.22. The molecule has 0 saturated carbocycles. The van der Waals surface area contributed by atoms with E-state index in [4.69, 9.17) is 0 Å². The van der Waals surface area contributed by atoms with Gasteiger partial charge in [0.05, 0.1) is 12.8 Å². The van der Waals surface area contributed by atoms with Crippen LogP contribution in [0, 0.1) is 5.82 Å². The molecule has 1 heterocycles. The quantitative estimate of drug-likeness (QED) is 0.696. The molecule has 0 saturated heterocycles. The zero-order valence-corrected chi connectivity index (χ0v) is 11.9. The van der Waals surface area contributed by atoms with Crippen molar-refractivity contribution in [3.05, 3.63) is 58.0 Å². The molecule has 2 rings (SSSR count). The molecule has 0 fully saturated rings. The van der Waals surface area contributed by atoms with E-state index in [9.17, 15) is 14.0 Å². The number of thiophene rings is 1. The van der Waals surface area contributed by atoms with Gasteiger partial charge >= 0.3 is 5.97 Å². The lowest BCUT2D eigenvalue weighted by atomic mass is 10.2. The van der Waals surface area contributed by atoms with Gasteiger partial charge in [0.25, 0.3) is 0 Å². The Kier molecular flexibility index (Phi) is 4.84. The highest BCUT2D eigenvalue weighted by atomic mass is 32.1. The van der Waals surface area contributed by atoms with Crippen LogP contribution in [0.3, 0.4) is 0 Å². The van der Waals surface area contributed by atoms with Crippen LogP contribution < -0.4 is 5.32 Å². The van der Waals surface area contributed by atoms with Gasteiger partial charge in [0.2, 0.25) is 5.91 Å². The number of hydrogen-bond donors (Lipinski definition) is 1. The Bertz CT molecular complexity index is 676. The third-order valence-electron chi connectivity index (χ3n) is 2.59. The Morgan fingerprint density at radius 2 is 1.95 bits per heavy atom. The summed E-state index contributed by atoms with van der Waals surface area (Å²) in [5.41, 5.74) is 1.10. The maximum absolute atomic E-state index is 12.7. The molecule has 0 aliphatic heterocycles. The molecule has 4 nitrogen and oxygen atoms in total. The molecular formula is C15H12FNO3S. The molecule has 0 unspecified atom stereocenters. The first-order chi connectivity index (χ1) is 10.1. The Labute approximate surface area is 124 Å². The van der Waals surface area contributed by atoms with Crippen molar-refractivity contribution >= 4 is 35.0 Å². The molecule has 21 heavy (non-hydrogen) atoms. The summed E-state index contributed by atoms with van der Waals surface area (Å²) in [6.45, 7) is 0. The largest absolute Gasteiger partial charge is 0.465 e. The van der Waals surface area contributed by atoms with Crippen molar-refractivity contribution in [2.45, 2.75) is 0 Å². The minimum absolute atomic E-state index is 0.334. The maximum atomic E-state index is 12.7.